The van der Waals surface area contributed by atoms with Gasteiger partial charge in [0.2, 0.25) is 0 Å². The first-order chi connectivity index (χ1) is 11.8. The first kappa shape index (κ1) is 20.4. The number of halogens is 3. The van der Waals surface area contributed by atoms with Crippen LogP contribution in [0.3, 0.4) is 0 Å². The van der Waals surface area contributed by atoms with Crippen molar-refractivity contribution in [2.24, 2.45) is 0 Å². The summed E-state index contributed by atoms with van der Waals surface area (Å²) in [6, 6.07) is 14.1. The fraction of sp³-hybridized carbons (Fsp3) is 0.176. The van der Waals surface area contributed by atoms with Crippen molar-refractivity contribution in [1.29, 1.82) is 0 Å². The second-order valence-corrected chi connectivity index (χ2v) is 10.1. The molecule has 0 bridgehead atoms. The second-order valence-electron chi connectivity index (χ2n) is 4.79. The molecule has 0 aliphatic rings. The van der Waals surface area contributed by atoms with Gasteiger partial charge in [0.05, 0.1) is 0 Å². The minimum absolute atomic E-state index is 0.0326. The summed E-state index contributed by atoms with van der Waals surface area (Å²) in [6.07, 6.45) is 0. The van der Waals surface area contributed by atoms with Gasteiger partial charge >= 0.3 is 172 Å². The molecule has 4 nitrogen and oxygen atoms in total. The Bertz CT molecular complexity index is 760. The molecule has 2 aromatic carbocycles. The minimum atomic E-state index is -2.10. The van der Waals surface area contributed by atoms with Crippen molar-refractivity contribution >= 4 is 74.8 Å². The predicted molar refractivity (Wildman–Crippen MR) is 103 cm³/mol. The summed E-state index contributed by atoms with van der Waals surface area (Å²) >= 11 is 15.5. The third-order valence-electron chi connectivity index (χ3n) is 3.00. The molecule has 0 atom stereocenters. The monoisotopic (exact) mass is 515 g/mol. The number of alkyl halides is 3. The Labute approximate surface area is 170 Å². The molecule has 0 radical (unpaired) electrons. The molecule has 8 heteroatoms. The van der Waals surface area contributed by atoms with Gasteiger partial charge < -0.3 is 0 Å². The normalized spacial score (nSPS) is 11.0. The van der Waals surface area contributed by atoms with E-state index in [0.29, 0.717) is 17.9 Å². The number of hydrogen-bond donors (Lipinski definition) is 1. The van der Waals surface area contributed by atoms with E-state index >= 15 is 0 Å². The van der Waals surface area contributed by atoms with Crippen molar-refractivity contribution in [2.45, 2.75) is 10.7 Å². The topological polar surface area (TPSA) is 55.4 Å². The number of ether oxygens (including phenoxy) is 1. The van der Waals surface area contributed by atoms with E-state index in [1.54, 1.807) is 24.3 Å². The van der Waals surface area contributed by atoms with Crippen LogP contribution in [0.2, 0.25) is 0 Å². The number of carbonyl (C=O) groups is 2. The Hall–Kier alpha value is -0.960. The van der Waals surface area contributed by atoms with E-state index in [1.165, 1.54) is 0 Å². The Balaban J connectivity index is 2.15. The molecule has 0 aliphatic carbocycles. The van der Waals surface area contributed by atoms with E-state index in [4.69, 9.17) is 39.5 Å². The van der Waals surface area contributed by atoms with Gasteiger partial charge in [0.1, 0.15) is 0 Å². The van der Waals surface area contributed by atoms with Crippen LogP contribution < -0.4 is 13.7 Å². The van der Waals surface area contributed by atoms with Gasteiger partial charge in [0.25, 0.3) is 0 Å². The zero-order valence-electron chi connectivity index (χ0n) is 13.1. The number of para-hydroxylation sites is 1. The van der Waals surface area contributed by atoms with Crippen molar-refractivity contribution in [3.05, 3.63) is 54.1 Å². The summed E-state index contributed by atoms with van der Waals surface area (Å²) in [4.78, 5) is 24.5. The molecule has 2 aromatic rings. The Morgan fingerprint density at radius 2 is 1.72 bits per heavy atom. The summed E-state index contributed by atoms with van der Waals surface area (Å²) in [6.45, 7) is 2.50. The molecule has 0 saturated carbocycles. The number of benzene rings is 2. The fourth-order valence-corrected chi connectivity index (χ4v) is 4.25. The SMILES string of the molecule is CCOc1ccc([Te]C(=O)c2ccccc2NC(=O)C(Cl)(Cl)Cl)cc1. The van der Waals surface area contributed by atoms with Crippen molar-refractivity contribution in [2.75, 3.05) is 11.9 Å². The van der Waals surface area contributed by atoms with E-state index in [2.05, 4.69) is 5.32 Å². The van der Waals surface area contributed by atoms with Crippen molar-refractivity contribution in [1.82, 2.24) is 0 Å². The number of anilines is 1. The van der Waals surface area contributed by atoms with Crippen LogP contribution >= 0.6 is 34.8 Å². The van der Waals surface area contributed by atoms with E-state index in [1.807, 2.05) is 31.2 Å². The van der Waals surface area contributed by atoms with Crippen LogP contribution in [0, 0.1) is 0 Å². The molecule has 1 N–H and O–H groups in total. The van der Waals surface area contributed by atoms with Crippen LogP contribution in [0.1, 0.15) is 17.3 Å². The molecule has 0 saturated heterocycles. The standard InChI is InChI=1S/C17H14Cl3NO3Te/c1-2-24-11-7-9-12(10-8-11)25-15(22)13-5-3-4-6-14(13)21-16(23)17(18,19)20/h3-10H,2H2,1H3,(H,21,23). The number of amides is 1. The van der Waals surface area contributed by atoms with Gasteiger partial charge in [-0.05, 0) is 0 Å². The Morgan fingerprint density at radius 3 is 2.32 bits per heavy atom. The molecule has 1 amide bonds. The van der Waals surface area contributed by atoms with Crippen LogP contribution in [-0.4, -0.2) is 41.1 Å². The molecule has 0 heterocycles. The molecule has 25 heavy (non-hydrogen) atoms. The Kier molecular flexibility index (Phi) is 7.42. The number of carbonyl (C=O) groups excluding carboxylic acids is 2. The average molecular weight is 514 g/mol. The molecule has 0 fully saturated rings. The molecule has 0 spiro atoms. The van der Waals surface area contributed by atoms with E-state index in [9.17, 15) is 9.59 Å². The predicted octanol–water partition coefficient (Wildman–Crippen LogP) is 3.56. The van der Waals surface area contributed by atoms with Crippen LogP contribution in [0.25, 0.3) is 0 Å². The summed E-state index contributed by atoms with van der Waals surface area (Å²) < 4.78 is 4.22. The molecular formula is C17H14Cl3NO3Te. The maximum absolute atomic E-state index is 12.7. The van der Waals surface area contributed by atoms with Crippen LogP contribution in [-0.2, 0) is 4.79 Å². The van der Waals surface area contributed by atoms with Crippen LogP contribution in [0.15, 0.2) is 48.5 Å². The number of rotatable bonds is 6. The molecule has 0 aliphatic heterocycles. The van der Waals surface area contributed by atoms with Gasteiger partial charge in [-0.2, -0.15) is 0 Å². The fourth-order valence-electron chi connectivity index (χ4n) is 1.90. The first-order valence-corrected chi connectivity index (χ1v) is 10.7. The zero-order valence-corrected chi connectivity index (χ0v) is 17.7. The first-order valence-electron chi connectivity index (χ1n) is 7.23. The molecular weight excluding hydrogens is 500 g/mol. The van der Waals surface area contributed by atoms with E-state index < -0.39 is 30.6 Å². The van der Waals surface area contributed by atoms with Crippen molar-refractivity contribution < 1.29 is 14.3 Å². The molecule has 132 valence electrons. The number of hydrogen-bond acceptors (Lipinski definition) is 3. The maximum atomic E-state index is 12.7. The van der Waals surface area contributed by atoms with E-state index in [0.717, 1.165) is 9.36 Å². The summed E-state index contributed by atoms with van der Waals surface area (Å²) in [5.41, 5.74) is 0.737. The van der Waals surface area contributed by atoms with E-state index in [-0.39, 0.29) is 3.83 Å². The van der Waals surface area contributed by atoms with Crippen LogP contribution in [0.5, 0.6) is 5.75 Å². The van der Waals surface area contributed by atoms with Gasteiger partial charge in [0.15, 0.2) is 0 Å². The van der Waals surface area contributed by atoms with Gasteiger partial charge in [-0.15, -0.1) is 0 Å². The quantitative estimate of drug-likeness (QED) is 0.474. The van der Waals surface area contributed by atoms with Gasteiger partial charge in [-0.3, -0.25) is 0 Å². The van der Waals surface area contributed by atoms with Gasteiger partial charge in [0, 0.05) is 0 Å². The molecule has 0 unspecified atom stereocenters. The van der Waals surface area contributed by atoms with Gasteiger partial charge in [-0.25, -0.2) is 0 Å². The second kappa shape index (κ2) is 9.12. The molecule has 0 aromatic heterocycles. The van der Waals surface area contributed by atoms with Crippen molar-refractivity contribution in [3.63, 3.8) is 0 Å². The third kappa shape index (κ3) is 6.06. The van der Waals surface area contributed by atoms with Crippen LogP contribution in [0.4, 0.5) is 5.69 Å². The summed E-state index contributed by atoms with van der Waals surface area (Å²) in [5, 5.41) is 2.49. The average Bonchev–Trinajstić information content (AvgIpc) is 2.56. The third-order valence-corrected chi connectivity index (χ3v) is 6.12. The summed E-state index contributed by atoms with van der Waals surface area (Å²) in [5.74, 6) is -0.0408. The van der Waals surface area contributed by atoms with Gasteiger partial charge in [-0.1, -0.05) is 0 Å². The number of nitrogens with one attached hydrogen (secondary N) is 1. The molecule has 2 rings (SSSR count). The van der Waals surface area contributed by atoms with Crippen molar-refractivity contribution in [3.8, 4) is 5.75 Å². The summed E-state index contributed by atoms with van der Waals surface area (Å²) in [7, 11) is 0. The Morgan fingerprint density at radius 1 is 1.08 bits per heavy atom. The zero-order chi connectivity index (χ0) is 18.4.